The van der Waals surface area contributed by atoms with Gasteiger partial charge in [0.25, 0.3) is 0 Å². The molecule has 1 N–H and O–H groups in total. The molecule has 0 atom stereocenters. The average molecular weight is 369 g/mol. The van der Waals surface area contributed by atoms with Crippen molar-refractivity contribution in [3.05, 3.63) is 53.1 Å². The molecule has 142 valence electrons. The smallest absolute Gasteiger partial charge is 0.231 e. The Kier molecular flexibility index (Phi) is 5.96. The molecule has 0 saturated heterocycles. The standard InChI is InChI=1S/C21H23NO5/c1-14-3-6-18(25-2)16(11-14)17(23)5-8-21(24)22-10-9-15-4-7-19-20(12-15)27-13-26-19/h3-4,6-7,11-12H,5,8-10,13H2,1-2H3,(H,22,24). The number of rotatable bonds is 8. The van der Waals surface area contributed by atoms with Gasteiger partial charge in [-0.2, -0.15) is 0 Å². The van der Waals surface area contributed by atoms with Crippen LogP contribution in [0.3, 0.4) is 0 Å². The molecule has 0 aromatic heterocycles. The molecule has 1 heterocycles. The molecule has 1 aliphatic rings. The summed E-state index contributed by atoms with van der Waals surface area (Å²) in [5.41, 5.74) is 2.55. The third kappa shape index (κ3) is 4.78. The molecular formula is C21H23NO5. The quantitative estimate of drug-likeness (QED) is 0.724. The van der Waals surface area contributed by atoms with E-state index in [0.717, 1.165) is 22.6 Å². The Morgan fingerprint density at radius 1 is 1.07 bits per heavy atom. The molecule has 2 aromatic carbocycles. The lowest BCUT2D eigenvalue weighted by Crippen LogP contribution is -2.26. The maximum absolute atomic E-state index is 12.4. The van der Waals surface area contributed by atoms with Crippen molar-refractivity contribution < 1.29 is 23.8 Å². The number of benzene rings is 2. The molecule has 1 amide bonds. The van der Waals surface area contributed by atoms with Gasteiger partial charge in [-0.05, 0) is 43.2 Å². The van der Waals surface area contributed by atoms with Crippen molar-refractivity contribution >= 4 is 11.7 Å². The number of methoxy groups -OCH3 is 1. The van der Waals surface area contributed by atoms with Crippen LogP contribution in [-0.4, -0.2) is 32.1 Å². The number of ether oxygens (including phenoxy) is 3. The number of carbonyl (C=O) groups excluding carboxylic acids is 2. The van der Waals surface area contributed by atoms with Crippen molar-refractivity contribution in [3.8, 4) is 17.2 Å². The van der Waals surface area contributed by atoms with Gasteiger partial charge >= 0.3 is 0 Å². The molecule has 2 aromatic rings. The second kappa shape index (κ2) is 8.58. The van der Waals surface area contributed by atoms with Gasteiger partial charge in [-0.25, -0.2) is 0 Å². The van der Waals surface area contributed by atoms with E-state index in [4.69, 9.17) is 14.2 Å². The van der Waals surface area contributed by atoms with E-state index in [2.05, 4.69) is 5.32 Å². The summed E-state index contributed by atoms with van der Waals surface area (Å²) in [6.45, 7) is 2.66. The lowest BCUT2D eigenvalue weighted by molar-refractivity contribution is -0.121. The molecule has 0 aliphatic carbocycles. The van der Waals surface area contributed by atoms with Gasteiger partial charge < -0.3 is 19.5 Å². The van der Waals surface area contributed by atoms with Crippen molar-refractivity contribution in [2.75, 3.05) is 20.4 Å². The molecule has 0 radical (unpaired) electrons. The fourth-order valence-corrected chi connectivity index (χ4v) is 2.93. The highest BCUT2D eigenvalue weighted by atomic mass is 16.7. The number of amides is 1. The van der Waals surface area contributed by atoms with Crippen molar-refractivity contribution in [2.45, 2.75) is 26.2 Å². The molecule has 3 rings (SSSR count). The van der Waals surface area contributed by atoms with Crippen LogP contribution in [0.25, 0.3) is 0 Å². The predicted octanol–water partition coefficient (Wildman–Crippen LogP) is 3.05. The fourth-order valence-electron chi connectivity index (χ4n) is 2.93. The average Bonchev–Trinajstić information content (AvgIpc) is 3.14. The van der Waals surface area contributed by atoms with Crippen LogP contribution in [-0.2, 0) is 11.2 Å². The predicted molar refractivity (Wildman–Crippen MR) is 101 cm³/mol. The van der Waals surface area contributed by atoms with Crippen LogP contribution in [0.5, 0.6) is 17.2 Å². The topological polar surface area (TPSA) is 73.9 Å². The van der Waals surface area contributed by atoms with Crippen LogP contribution in [0.15, 0.2) is 36.4 Å². The van der Waals surface area contributed by atoms with Gasteiger partial charge in [0.2, 0.25) is 12.7 Å². The highest BCUT2D eigenvalue weighted by Gasteiger charge is 2.15. The van der Waals surface area contributed by atoms with Crippen molar-refractivity contribution in [2.24, 2.45) is 0 Å². The van der Waals surface area contributed by atoms with Gasteiger partial charge in [0, 0.05) is 19.4 Å². The molecular weight excluding hydrogens is 346 g/mol. The molecule has 27 heavy (non-hydrogen) atoms. The molecule has 1 aliphatic heterocycles. The SMILES string of the molecule is COc1ccc(C)cc1C(=O)CCC(=O)NCCc1ccc2c(c1)OCO2. The number of hydrogen-bond acceptors (Lipinski definition) is 5. The van der Waals surface area contributed by atoms with E-state index in [1.807, 2.05) is 31.2 Å². The molecule has 6 heteroatoms. The Morgan fingerprint density at radius 3 is 2.70 bits per heavy atom. The molecule has 0 bridgehead atoms. The highest BCUT2D eigenvalue weighted by Crippen LogP contribution is 2.32. The molecule has 6 nitrogen and oxygen atoms in total. The maximum atomic E-state index is 12.4. The highest BCUT2D eigenvalue weighted by molar-refractivity contribution is 6.00. The second-order valence-corrected chi connectivity index (χ2v) is 6.41. The van der Waals surface area contributed by atoms with Gasteiger partial charge in [-0.15, -0.1) is 0 Å². The van der Waals surface area contributed by atoms with E-state index in [9.17, 15) is 9.59 Å². The largest absolute Gasteiger partial charge is 0.496 e. The monoisotopic (exact) mass is 369 g/mol. The second-order valence-electron chi connectivity index (χ2n) is 6.41. The zero-order valence-electron chi connectivity index (χ0n) is 15.5. The van der Waals surface area contributed by atoms with E-state index < -0.39 is 0 Å². The summed E-state index contributed by atoms with van der Waals surface area (Å²) in [6.07, 6.45) is 0.981. The van der Waals surface area contributed by atoms with Crippen LogP contribution >= 0.6 is 0 Å². The van der Waals surface area contributed by atoms with Crippen LogP contribution in [0.1, 0.15) is 34.3 Å². The van der Waals surface area contributed by atoms with Crippen molar-refractivity contribution in [1.82, 2.24) is 5.32 Å². The fraction of sp³-hybridized carbons (Fsp3) is 0.333. The summed E-state index contributed by atoms with van der Waals surface area (Å²) in [5.74, 6) is 1.77. The zero-order chi connectivity index (χ0) is 19.2. The third-order valence-electron chi connectivity index (χ3n) is 4.41. The van der Waals surface area contributed by atoms with Crippen LogP contribution in [0.2, 0.25) is 0 Å². The van der Waals surface area contributed by atoms with Crippen LogP contribution in [0.4, 0.5) is 0 Å². The summed E-state index contributed by atoms with van der Waals surface area (Å²) in [5, 5.41) is 2.85. The van der Waals surface area contributed by atoms with Crippen LogP contribution < -0.4 is 19.5 Å². The molecule has 0 fully saturated rings. The first-order valence-corrected chi connectivity index (χ1v) is 8.90. The first kappa shape index (κ1) is 18.8. The van der Waals surface area contributed by atoms with Crippen molar-refractivity contribution in [1.29, 1.82) is 0 Å². The normalized spacial score (nSPS) is 11.9. The Bertz CT molecular complexity index is 846. The maximum Gasteiger partial charge on any atom is 0.231 e. The Hall–Kier alpha value is -3.02. The molecule has 0 unspecified atom stereocenters. The lowest BCUT2D eigenvalue weighted by atomic mass is 10.0. The number of ketones is 1. The minimum Gasteiger partial charge on any atom is -0.496 e. The summed E-state index contributed by atoms with van der Waals surface area (Å²) < 4.78 is 15.9. The van der Waals surface area contributed by atoms with Gasteiger partial charge in [-0.1, -0.05) is 17.7 Å². The van der Waals surface area contributed by atoms with Crippen LogP contribution in [0, 0.1) is 6.92 Å². The number of Topliss-reactive ketones (excluding diaryl/α,β-unsaturated/α-hetero) is 1. The molecule has 0 saturated carbocycles. The first-order valence-electron chi connectivity index (χ1n) is 8.90. The Balaban J connectivity index is 1.44. The van der Waals surface area contributed by atoms with E-state index in [0.29, 0.717) is 24.3 Å². The molecule has 0 spiro atoms. The number of nitrogens with one attached hydrogen (secondary N) is 1. The van der Waals surface area contributed by atoms with E-state index in [1.165, 1.54) is 7.11 Å². The minimum absolute atomic E-state index is 0.0959. The number of fused-ring (bicyclic) bond motifs is 1. The number of hydrogen-bond donors (Lipinski definition) is 1. The summed E-state index contributed by atoms with van der Waals surface area (Å²) in [7, 11) is 1.53. The minimum atomic E-state index is -0.143. The lowest BCUT2D eigenvalue weighted by Gasteiger charge is -2.09. The van der Waals surface area contributed by atoms with Gasteiger partial charge in [0.15, 0.2) is 17.3 Å². The first-order chi connectivity index (χ1) is 13.1. The van der Waals surface area contributed by atoms with E-state index >= 15 is 0 Å². The number of carbonyl (C=O) groups is 2. The summed E-state index contributed by atoms with van der Waals surface area (Å²) in [6, 6.07) is 11.2. The summed E-state index contributed by atoms with van der Waals surface area (Å²) in [4.78, 5) is 24.4. The van der Waals surface area contributed by atoms with Gasteiger partial charge in [0.05, 0.1) is 12.7 Å². The Morgan fingerprint density at radius 2 is 1.89 bits per heavy atom. The third-order valence-corrected chi connectivity index (χ3v) is 4.41. The van der Waals surface area contributed by atoms with Crippen molar-refractivity contribution in [3.63, 3.8) is 0 Å². The summed E-state index contributed by atoms with van der Waals surface area (Å²) >= 11 is 0. The zero-order valence-corrected chi connectivity index (χ0v) is 15.5. The number of aryl methyl sites for hydroxylation is 1. The van der Waals surface area contributed by atoms with E-state index in [-0.39, 0.29) is 31.3 Å². The van der Waals surface area contributed by atoms with Gasteiger partial charge in [0.1, 0.15) is 5.75 Å². The Labute approximate surface area is 158 Å². The van der Waals surface area contributed by atoms with E-state index in [1.54, 1.807) is 12.1 Å². The van der Waals surface area contributed by atoms with Gasteiger partial charge in [-0.3, -0.25) is 9.59 Å².